The average molecular weight is 359 g/mol. The third-order valence-electron chi connectivity index (χ3n) is 4.83. The van der Waals surface area contributed by atoms with E-state index in [9.17, 15) is 4.79 Å². The molecule has 0 spiro atoms. The molecule has 0 radical (unpaired) electrons. The monoisotopic (exact) mass is 358 g/mol. The molecule has 0 bridgehead atoms. The van der Waals surface area contributed by atoms with Gasteiger partial charge in [0.2, 0.25) is 11.0 Å². The SMILES string of the molecule is CC(C)[C@H](C)NC(=O)[C@H]1CCCN1c1nc(Cc2ccccc2)ns1. The van der Waals surface area contributed by atoms with E-state index < -0.39 is 0 Å². The van der Waals surface area contributed by atoms with Crippen LogP contribution in [0.15, 0.2) is 30.3 Å². The van der Waals surface area contributed by atoms with Gasteiger partial charge in [0.05, 0.1) is 0 Å². The normalized spacial score (nSPS) is 18.6. The summed E-state index contributed by atoms with van der Waals surface area (Å²) in [5.74, 6) is 1.36. The maximum absolute atomic E-state index is 12.6. The number of hydrogen-bond acceptors (Lipinski definition) is 5. The Balaban J connectivity index is 1.67. The highest BCUT2D eigenvalue weighted by Gasteiger charge is 2.33. The summed E-state index contributed by atoms with van der Waals surface area (Å²) in [7, 11) is 0. The third-order valence-corrected chi connectivity index (χ3v) is 5.62. The van der Waals surface area contributed by atoms with Crippen molar-refractivity contribution in [2.24, 2.45) is 5.92 Å². The first-order valence-corrected chi connectivity index (χ1v) is 9.75. The summed E-state index contributed by atoms with van der Waals surface area (Å²) in [5.41, 5.74) is 1.20. The molecule has 134 valence electrons. The Morgan fingerprint density at radius 2 is 2.08 bits per heavy atom. The van der Waals surface area contributed by atoms with Gasteiger partial charge in [-0.1, -0.05) is 44.2 Å². The van der Waals surface area contributed by atoms with E-state index in [4.69, 9.17) is 0 Å². The molecule has 1 fully saturated rings. The molecule has 1 saturated heterocycles. The van der Waals surface area contributed by atoms with Crippen molar-refractivity contribution in [2.45, 2.75) is 52.1 Å². The molecule has 1 amide bonds. The number of rotatable bonds is 6. The number of aromatic nitrogens is 2. The van der Waals surface area contributed by atoms with Crippen LogP contribution in [0.3, 0.4) is 0 Å². The third kappa shape index (κ3) is 4.37. The lowest BCUT2D eigenvalue weighted by Gasteiger charge is -2.25. The Hall–Kier alpha value is -1.95. The lowest BCUT2D eigenvalue weighted by atomic mass is 10.1. The van der Waals surface area contributed by atoms with Crippen LogP contribution < -0.4 is 10.2 Å². The van der Waals surface area contributed by atoms with Crippen molar-refractivity contribution in [3.05, 3.63) is 41.7 Å². The Kier molecular flexibility index (Phi) is 5.68. The lowest BCUT2D eigenvalue weighted by Crippen LogP contribution is -2.47. The molecule has 25 heavy (non-hydrogen) atoms. The Morgan fingerprint density at radius 1 is 1.32 bits per heavy atom. The predicted molar refractivity (Wildman–Crippen MR) is 102 cm³/mol. The van der Waals surface area contributed by atoms with E-state index in [1.54, 1.807) is 0 Å². The fourth-order valence-electron chi connectivity index (χ4n) is 2.97. The molecule has 5 nitrogen and oxygen atoms in total. The number of benzene rings is 1. The van der Waals surface area contributed by atoms with Crippen LogP contribution in [0, 0.1) is 5.92 Å². The van der Waals surface area contributed by atoms with Crippen LogP contribution in [0.4, 0.5) is 5.13 Å². The molecule has 3 rings (SSSR count). The van der Waals surface area contributed by atoms with E-state index in [1.807, 2.05) is 18.2 Å². The molecule has 1 aliphatic heterocycles. The van der Waals surface area contributed by atoms with Crippen LogP contribution in [-0.4, -0.2) is 33.9 Å². The first kappa shape index (κ1) is 17.9. The standard InChI is InChI=1S/C19H26N4OS/c1-13(2)14(3)20-18(24)16-10-7-11-23(16)19-21-17(22-25-19)12-15-8-5-4-6-9-15/h4-6,8-9,13-14,16H,7,10-12H2,1-3H3,(H,20,24)/t14-,16+/m0/s1. The molecule has 1 aromatic carbocycles. The van der Waals surface area contributed by atoms with Gasteiger partial charge >= 0.3 is 0 Å². The maximum atomic E-state index is 12.6. The minimum Gasteiger partial charge on any atom is -0.352 e. The number of amides is 1. The van der Waals surface area contributed by atoms with Gasteiger partial charge in [-0.2, -0.15) is 4.37 Å². The van der Waals surface area contributed by atoms with Crippen LogP contribution in [0.25, 0.3) is 0 Å². The lowest BCUT2D eigenvalue weighted by molar-refractivity contribution is -0.123. The van der Waals surface area contributed by atoms with Gasteiger partial charge in [0.25, 0.3) is 0 Å². The Bertz CT molecular complexity index is 700. The van der Waals surface area contributed by atoms with E-state index in [0.29, 0.717) is 5.92 Å². The zero-order valence-corrected chi connectivity index (χ0v) is 15.9. The van der Waals surface area contributed by atoms with Crippen molar-refractivity contribution in [1.82, 2.24) is 14.7 Å². The van der Waals surface area contributed by atoms with E-state index >= 15 is 0 Å². The molecule has 1 aliphatic rings. The van der Waals surface area contributed by atoms with Crippen molar-refractivity contribution in [2.75, 3.05) is 11.4 Å². The smallest absolute Gasteiger partial charge is 0.243 e. The van der Waals surface area contributed by atoms with Crippen LogP contribution in [0.2, 0.25) is 0 Å². The summed E-state index contributed by atoms with van der Waals surface area (Å²) in [4.78, 5) is 19.5. The summed E-state index contributed by atoms with van der Waals surface area (Å²) in [6.07, 6.45) is 2.62. The van der Waals surface area contributed by atoms with Gasteiger partial charge in [-0.3, -0.25) is 4.79 Å². The fourth-order valence-corrected chi connectivity index (χ4v) is 3.73. The second-order valence-corrected chi connectivity index (χ2v) is 7.78. The Labute approximate surface area is 153 Å². The fraction of sp³-hybridized carbons (Fsp3) is 0.526. The summed E-state index contributed by atoms with van der Waals surface area (Å²) in [6.45, 7) is 7.18. The maximum Gasteiger partial charge on any atom is 0.243 e. The number of nitrogens with zero attached hydrogens (tertiary/aromatic N) is 3. The van der Waals surface area contributed by atoms with Crippen LogP contribution >= 0.6 is 11.5 Å². The summed E-state index contributed by atoms with van der Waals surface area (Å²) in [5, 5.41) is 4.01. The molecule has 0 aliphatic carbocycles. The molecule has 1 N–H and O–H groups in total. The first-order chi connectivity index (χ1) is 12.0. The quantitative estimate of drug-likeness (QED) is 0.861. The van der Waals surface area contributed by atoms with Gasteiger partial charge in [0, 0.05) is 30.5 Å². The van der Waals surface area contributed by atoms with Gasteiger partial charge in [-0.05, 0) is 31.2 Å². The van der Waals surface area contributed by atoms with Crippen LogP contribution in [-0.2, 0) is 11.2 Å². The number of carbonyl (C=O) groups is 1. The number of hydrogen-bond donors (Lipinski definition) is 1. The van der Waals surface area contributed by atoms with Gasteiger partial charge in [-0.15, -0.1) is 0 Å². The highest BCUT2D eigenvalue weighted by atomic mass is 32.1. The number of nitrogens with one attached hydrogen (secondary N) is 1. The van der Waals surface area contributed by atoms with E-state index in [0.717, 1.165) is 36.8 Å². The predicted octanol–water partition coefficient (Wildman–Crippen LogP) is 3.26. The zero-order valence-electron chi connectivity index (χ0n) is 15.1. The first-order valence-electron chi connectivity index (χ1n) is 8.98. The van der Waals surface area contributed by atoms with Gasteiger partial charge in [0.1, 0.15) is 11.9 Å². The minimum atomic E-state index is -0.126. The summed E-state index contributed by atoms with van der Waals surface area (Å²) in [6, 6.07) is 10.3. The van der Waals surface area contributed by atoms with Crippen molar-refractivity contribution in [3.8, 4) is 0 Å². The van der Waals surface area contributed by atoms with Crippen molar-refractivity contribution in [3.63, 3.8) is 0 Å². The molecular weight excluding hydrogens is 332 g/mol. The van der Waals surface area contributed by atoms with E-state index in [1.165, 1.54) is 17.1 Å². The highest BCUT2D eigenvalue weighted by Crippen LogP contribution is 2.28. The second kappa shape index (κ2) is 7.95. The summed E-state index contributed by atoms with van der Waals surface area (Å²) >= 11 is 1.40. The average Bonchev–Trinajstić information content (AvgIpc) is 3.24. The molecule has 2 atom stereocenters. The molecule has 1 aromatic heterocycles. The number of anilines is 1. The van der Waals surface area contributed by atoms with Crippen molar-refractivity contribution >= 4 is 22.6 Å². The summed E-state index contributed by atoms with van der Waals surface area (Å²) < 4.78 is 4.50. The molecular formula is C19H26N4OS. The highest BCUT2D eigenvalue weighted by molar-refractivity contribution is 7.09. The molecule has 2 heterocycles. The van der Waals surface area contributed by atoms with Crippen LogP contribution in [0.5, 0.6) is 0 Å². The van der Waals surface area contributed by atoms with Crippen molar-refractivity contribution < 1.29 is 4.79 Å². The van der Waals surface area contributed by atoms with Gasteiger partial charge in [0.15, 0.2) is 0 Å². The number of carbonyl (C=O) groups excluding carboxylic acids is 1. The minimum absolute atomic E-state index is 0.110. The second-order valence-electron chi connectivity index (χ2n) is 7.05. The van der Waals surface area contributed by atoms with Gasteiger partial charge < -0.3 is 10.2 Å². The van der Waals surface area contributed by atoms with Gasteiger partial charge in [-0.25, -0.2) is 4.98 Å². The Morgan fingerprint density at radius 3 is 2.80 bits per heavy atom. The van der Waals surface area contributed by atoms with Crippen LogP contribution in [0.1, 0.15) is 45.0 Å². The molecule has 0 saturated carbocycles. The topological polar surface area (TPSA) is 58.1 Å². The molecule has 0 unspecified atom stereocenters. The van der Waals surface area contributed by atoms with E-state index in [-0.39, 0.29) is 18.0 Å². The molecule has 2 aromatic rings. The largest absolute Gasteiger partial charge is 0.352 e. The van der Waals surface area contributed by atoms with E-state index in [2.05, 4.69) is 52.5 Å². The zero-order chi connectivity index (χ0) is 17.8. The molecule has 6 heteroatoms. The van der Waals surface area contributed by atoms with Crippen molar-refractivity contribution in [1.29, 1.82) is 0 Å².